The second-order valence-electron chi connectivity index (χ2n) is 20.5. The molecule has 0 bridgehead atoms. The maximum absolute atomic E-state index is 14.0. The molecule has 4 heterocycles. The molecule has 8 rings (SSSR count). The Hall–Kier alpha value is -6.33. The Balaban J connectivity index is 0.614. The van der Waals surface area contributed by atoms with E-state index in [2.05, 4.69) is 32.8 Å². The van der Waals surface area contributed by atoms with Crippen LogP contribution in [0.15, 0.2) is 79.0 Å². The van der Waals surface area contributed by atoms with Crippen molar-refractivity contribution in [3.8, 4) is 17.2 Å². The summed E-state index contributed by atoms with van der Waals surface area (Å²) in [6.07, 6.45) is 9.23. The quantitative estimate of drug-likeness (QED) is 0.0334. The number of benzene rings is 3. The number of imide groups is 1. The lowest BCUT2D eigenvalue weighted by Crippen LogP contribution is -2.75. The zero-order valence-corrected chi connectivity index (χ0v) is 45.6. The van der Waals surface area contributed by atoms with Gasteiger partial charge < -0.3 is 53.8 Å². The van der Waals surface area contributed by atoms with Crippen molar-refractivity contribution in [2.75, 3.05) is 98.8 Å². The minimum atomic E-state index is -0.890. The molecule has 0 radical (unpaired) electrons. The molecular weight excluding hydrogens is 1020 g/mol. The van der Waals surface area contributed by atoms with E-state index < -0.39 is 17.7 Å². The van der Waals surface area contributed by atoms with Crippen LogP contribution in [0.5, 0.6) is 17.2 Å². The molecule has 3 aromatic carbocycles. The van der Waals surface area contributed by atoms with Crippen molar-refractivity contribution in [2.24, 2.45) is 5.92 Å². The number of hydrogen-bond acceptors (Lipinski definition) is 16. The number of aliphatic hydroxyl groups is 1. The third kappa shape index (κ3) is 16.9. The average Bonchev–Trinajstić information content (AvgIpc) is 4.06. The number of nitrogens with one attached hydrogen (secondary N) is 2. The molecule has 0 unspecified atom stereocenters. The molecule has 3 N–H and O–H groups in total. The van der Waals surface area contributed by atoms with Gasteiger partial charge in [-0.25, -0.2) is 4.68 Å². The van der Waals surface area contributed by atoms with Gasteiger partial charge in [0.05, 0.1) is 84.9 Å². The van der Waals surface area contributed by atoms with Gasteiger partial charge in [-0.2, -0.15) is 0 Å². The van der Waals surface area contributed by atoms with Crippen LogP contribution in [0.4, 0.5) is 0 Å². The fourth-order valence-electron chi connectivity index (χ4n) is 10.3. The number of β-lactam (4-membered cyclic amide) rings is 1. The molecule has 4 aliphatic rings. The molecule has 79 heavy (non-hydrogen) atoms. The number of carbonyl (C=O) groups excluding carboxylic acids is 5. The number of hydrogen-bond donors (Lipinski definition) is 3. The number of carbonyl (C=O) groups is 5. The molecule has 1 aliphatic carbocycles. The van der Waals surface area contributed by atoms with Crippen LogP contribution in [0.3, 0.4) is 0 Å². The number of amides is 5. The Morgan fingerprint density at radius 3 is 2.01 bits per heavy atom. The molecule has 2 atom stereocenters. The number of likely N-dealkylation sites (tertiary alicyclic amines) is 2. The molecule has 5 amide bonds. The Morgan fingerprint density at radius 2 is 1.35 bits per heavy atom. The molecular formula is C58H78N8O13. The number of nitrogens with zero attached hydrogens (tertiary/aromatic N) is 6. The predicted molar refractivity (Wildman–Crippen MR) is 289 cm³/mol. The second kappa shape index (κ2) is 30.3. The van der Waals surface area contributed by atoms with Gasteiger partial charge in [-0.05, 0) is 104 Å². The van der Waals surface area contributed by atoms with E-state index in [0.717, 1.165) is 50.5 Å². The standard InChI is InChI=1S/C58H78N8O13/c1-2-3-25-66-56(71)52(53(68)44-7-5-4-6-8-44)60-57(72)58(66)22-27-63(28-23-58)40-43-9-15-49(16-10-43)79-50-19-11-45(12-20-50)54(69)59-24-30-73-32-33-74-31-29-64-41-47(61-62-64)42-77-37-36-75-34-35-76-38-39-78-48-17-13-46(14-18-48)55(70)65-26-21-51(65)67/h9-20,41,44,52-53,68H,2-8,21-40,42H2,1H3,(H,59,69)(H,60,72)/t52-,53+/m0/s1. The molecule has 21 nitrogen and oxygen atoms in total. The van der Waals surface area contributed by atoms with Crippen LogP contribution in [-0.4, -0.2) is 181 Å². The summed E-state index contributed by atoms with van der Waals surface area (Å²) in [7, 11) is 0. The predicted octanol–water partition coefficient (Wildman–Crippen LogP) is 4.94. The van der Waals surface area contributed by atoms with E-state index in [0.29, 0.717) is 172 Å². The van der Waals surface area contributed by atoms with Gasteiger partial charge in [0.2, 0.25) is 17.7 Å². The summed E-state index contributed by atoms with van der Waals surface area (Å²) in [4.78, 5) is 69.8. The zero-order chi connectivity index (χ0) is 55.2. The maximum atomic E-state index is 14.0. The van der Waals surface area contributed by atoms with Crippen molar-refractivity contribution in [2.45, 2.75) is 109 Å². The number of aromatic nitrogens is 3. The first kappa shape index (κ1) is 58.8. The first-order valence-electron chi connectivity index (χ1n) is 28.1. The smallest absolute Gasteiger partial charge is 0.260 e. The number of ether oxygens (including phenoxy) is 7. The lowest BCUT2D eigenvalue weighted by atomic mass is 9.78. The number of unbranched alkanes of at least 4 members (excludes halogenated alkanes) is 1. The summed E-state index contributed by atoms with van der Waals surface area (Å²) >= 11 is 0. The fraction of sp³-hybridized carbons (Fsp3) is 0.569. The first-order valence-corrected chi connectivity index (χ1v) is 28.1. The second-order valence-corrected chi connectivity index (χ2v) is 20.5. The Labute approximate surface area is 462 Å². The molecule has 1 spiro atoms. The van der Waals surface area contributed by atoms with Crippen LogP contribution in [0, 0.1) is 5.92 Å². The highest BCUT2D eigenvalue weighted by molar-refractivity contribution is 6.07. The van der Waals surface area contributed by atoms with Gasteiger partial charge in [0.15, 0.2) is 0 Å². The summed E-state index contributed by atoms with van der Waals surface area (Å²) in [5, 5.41) is 25.4. The summed E-state index contributed by atoms with van der Waals surface area (Å²) in [6, 6.07) is 20.7. The van der Waals surface area contributed by atoms with Crippen LogP contribution in [0.2, 0.25) is 0 Å². The van der Waals surface area contributed by atoms with Gasteiger partial charge >= 0.3 is 0 Å². The van der Waals surface area contributed by atoms with Crippen LogP contribution < -0.4 is 20.1 Å². The highest BCUT2D eigenvalue weighted by atomic mass is 16.6. The minimum Gasteiger partial charge on any atom is -0.491 e. The summed E-state index contributed by atoms with van der Waals surface area (Å²) in [6.45, 7) is 10.2. The number of piperidine rings is 1. The van der Waals surface area contributed by atoms with Crippen LogP contribution in [0.1, 0.15) is 103 Å². The van der Waals surface area contributed by atoms with Crippen molar-refractivity contribution in [3.63, 3.8) is 0 Å². The summed E-state index contributed by atoms with van der Waals surface area (Å²) < 4.78 is 41.5. The monoisotopic (exact) mass is 1090 g/mol. The zero-order valence-electron chi connectivity index (χ0n) is 45.6. The third-order valence-corrected chi connectivity index (χ3v) is 15.0. The largest absolute Gasteiger partial charge is 0.491 e. The van der Waals surface area contributed by atoms with E-state index in [1.165, 1.54) is 4.90 Å². The van der Waals surface area contributed by atoms with Crippen LogP contribution in [0.25, 0.3) is 0 Å². The Kier molecular flexibility index (Phi) is 22.6. The molecule has 3 aliphatic heterocycles. The lowest BCUT2D eigenvalue weighted by Gasteiger charge is -2.52. The summed E-state index contributed by atoms with van der Waals surface area (Å²) in [5.74, 6) is 1.02. The van der Waals surface area contributed by atoms with Gasteiger partial charge in [0, 0.05) is 56.8 Å². The third-order valence-electron chi connectivity index (χ3n) is 15.0. The van der Waals surface area contributed by atoms with Crippen molar-refractivity contribution in [1.82, 2.24) is 40.3 Å². The first-order chi connectivity index (χ1) is 38.6. The minimum absolute atomic E-state index is 0.0421. The van der Waals surface area contributed by atoms with Gasteiger partial charge in [-0.15, -0.1) is 5.10 Å². The molecule has 21 heteroatoms. The topological polar surface area (TPSA) is 235 Å². The summed E-state index contributed by atoms with van der Waals surface area (Å²) in [5.41, 5.74) is 1.87. The SMILES string of the molecule is CCCCN1C(=O)[C@H]([C@H](O)C2CCCCC2)NC(=O)C12CCN(Cc1ccc(Oc3ccc(C(=O)NCCOCCOCCn4cc(COCCOCCOCCOc5ccc(C(=O)N6CCC6=O)cc5)nn4)cc3)cc1)CC2. The van der Waals surface area contributed by atoms with Gasteiger partial charge in [-0.1, -0.05) is 50.0 Å². The van der Waals surface area contributed by atoms with Crippen LogP contribution in [-0.2, 0) is 57.8 Å². The van der Waals surface area contributed by atoms with E-state index in [9.17, 15) is 29.1 Å². The molecule has 1 saturated carbocycles. The lowest BCUT2D eigenvalue weighted by molar-refractivity contribution is -0.166. The number of piperazine rings is 1. The van der Waals surface area contributed by atoms with E-state index in [1.54, 1.807) is 53.2 Å². The maximum Gasteiger partial charge on any atom is 0.260 e. The average molecular weight is 1100 g/mol. The highest BCUT2D eigenvalue weighted by Crippen LogP contribution is 2.37. The number of aliphatic hydroxyl groups excluding tert-OH is 1. The molecule has 3 saturated heterocycles. The highest BCUT2D eigenvalue weighted by Gasteiger charge is 2.55. The van der Waals surface area contributed by atoms with Gasteiger partial charge in [0.25, 0.3) is 11.8 Å². The van der Waals surface area contributed by atoms with Crippen molar-refractivity contribution in [3.05, 3.63) is 101 Å². The number of rotatable bonds is 32. The molecule has 4 aromatic rings. The fourth-order valence-corrected chi connectivity index (χ4v) is 10.3. The molecule has 1 aromatic heterocycles. The molecule has 4 fully saturated rings. The Bertz CT molecular complexity index is 2550. The van der Waals surface area contributed by atoms with Crippen molar-refractivity contribution in [1.29, 1.82) is 0 Å². The van der Waals surface area contributed by atoms with Crippen LogP contribution >= 0.6 is 0 Å². The van der Waals surface area contributed by atoms with Crippen molar-refractivity contribution < 1.29 is 62.2 Å². The molecule has 428 valence electrons. The van der Waals surface area contributed by atoms with E-state index in [4.69, 9.17) is 33.2 Å². The van der Waals surface area contributed by atoms with Gasteiger partial charge in [0.1, 0.15) is 41.1 Å². The van der Waals surface area contributed by atoms with E-state index in [1.807, 2.05) is 35.4 Å². The van der Waals surface area contributed by atoms with Crippen molar-refractivity contribution >= 4 is 29.5 Å². The van der Waals surface area contributed by atoms with E-state index >= 15 is 0 Å². The van der Waals surface area contributed by atoms with E-state index in [-0.39, 0.29) is 35.5 Å². The van der Waals surface area contributed by atoms with Gasteiger partial charge in [-0.3, -0.25) is 33.8 Å². The Morgan fingerprint density at radius 1 is 0.734 bits per heavy atom. The normalized spacial score (nSPS) is 18.1.